The summed E-state index contributed by atoms with van der Waals surface area (Å²) in [7, 11) is 1.85. The molecule has 2 aliphatic rings. The minimum absolute atomic E-state index is 0.0133. The molecule has 0 saturated heterocycles. The number of amides is 3. The number of fused-ring (bicyclic) bond motifs is 1. The van der Waals surface area contributed by atoms with Gasteiger partial charge in [-0.15, -0.1) is 0 Å². The lowest BCUT2D eigenvalue weighted by Crippen LogP contribution is -2.47. The van der Waals surface area contributed by atoms with Crippen molar-refractivity contribution in [2.24, 2.45) is 5.92 Å². The fraction of sp³-hybridized carbons (Fsp3) is 0.423. The van der Waals surface area contributed by atoms with E-state index in [2.05, 4.69) is 0 Å². The van der Waals surface area contributed by atoms with Crippen LogP contribution in [0.4, 0.5) is 11.4 Å². The lowest BCUT2D eigenvalue weighted by atomic mass is 9.94. The number of hydrogen-bond donors (Lipinski definition) is 0. The molecule has 0 radical (unpaired) electrons. The number of anilines is 2. The average Bonchev–Trinajstić information content (AvgIpc) is 2.94. The van der Waals surface area contributed by atoms with Crippen molar-refractivity contribution in [2.75, 3.05) is 29.9 Å². The van der Waals surface area contributed by atoms with Crippen LogP contribution in [0.2, 0.25) is 0 Å². The van der Waals surface area contributed by atoms with Crippen molar-refractivity contribution in [2.45, 2.75) is 45.1 Å². The topological polar surface area (TPSA) is 60.9 Å². The maximum absolute atomic E-state index is 13.4. The minimum atomic E-state index is -0.428. The molecule has 0 spiro atoms. The van der Waals surface area contributed by atoms with Crippen molar-refractivity contribution in [3.8, 4) is 0 Å². The summed E-state index contributed by atoms with van der Waals surface area (Å²) in [6.07, 6.45) is 5.53. The van der Waals surface area contributed by atoms with Gasteiger partial charge in [-0.05, 0) is 37.1 Å². The van der Waals surface area contributed by atoms with Crippen LogP contribution in [0.3, 0.4) is 0 Å². The highest BCUT2D eigenvalue weighted by Crippen LogP contribution is 2.35. The first-order chi connectivity index (χ1) is 15.5. The molecule has 32 heavy (non-hydrogen) atoms. The van der Waals surface area contributed by atoms with Crippen molar-refractivity contribution in [3.63, 3.8) is 0 Å². The van der Waals surface area contributed by atoms with Crippen LogP contribution in [-0.4, -0.2) is 48.8 Å². The van der Waals surface area contributed by atoms with Crippen molar-refractivity contribution < 1.29 is 14.4 Å². The fourth-order valence-corrected chi connectivity index (χ4v) is 4.77. The van der Waals surface area contributed by atoms with E-state index in [1.165, 1.54) is 6.42 Å². The molecular weight excluding hydrogens is 402 g/mol. The van der Waals surface area contributed by atoms with Gasteiger partial charge in [0.1, 0.15) is 6.54 Å². The predicted octanol–water partition coefficient (Wildman–Crippen LogP) is 4.11. The third-order valence-electron chi connectivity index (χ3n) is 6.68. The molecular formula is C26H31N3O3. The molecule has 6 heteroatoms. The van der Waals surface area contributed by atoms with Crippen molar-refractivity contribution in [1.82, 2.24) is 4.90 Å². The van der Waals surface area contributed by atoms with E-state index in [-0.39, 0.29) is 36.9 Å². The Balaban J connectivity index is 1.64. The van der Waals surface area contributed by atoms with Gasteiger partial charge in [0.25, 0.3) is 5.91 Å². The van der Waals surface area contributed by atoms with Gasteiger partial charge in [-0.2, -0.15) is 0 Å². The molecule has 168 valence electrons. The molecule has 2 aromatic carbocycles. The van der Waals surface area contributed by atoms with Gasteiger partial charge in [0, 0.05) is 25.2 Å². The molecule has 1 fully saturated rings. The van der Waals surface area contributed by atoms with Crippen LogP contribution >= 0.6 is 0 Å². The molecule has 6 nitrogen and oxygen atoms in total. The van der Waals surface area contributed by atoms with E-state index in [1.807, 2.05) is 61.3 Å². The molecule has 1 unspecified atom stereocenters. The lowest BCUT2D eigenvalue weighted by Gasteiger charge is -2.33. The van der Waals surface area contributed by atoms with Gasteiger partial charge < -0.3 is 14.7 Å². The molecule has 1 atom stereocenters. The van der Waals surface area contributed by atoms with Crippen molar-refractivity contribution in [1.29, 1.82) is 0 Å². The second-order valence-electron chi connectivity index (χ2n) is 8.89. The minimum Gasteiger partial charge on any atom is -0.341 e. The number of carbonyl (C=O) groups excluding carboxylic acids is 3. The number of para-hydroxylation sites is 2. The van der Waals surface area contributed by atoms with E-state index in [0.717, 1.165) is 25.7 Å². The van der Waals surface area contributed by atoms with E-state index in [1.54, 1.807) is 21.9 Å². The average molecular weight is 434 g/mol. The monoisotopic (exact) mass is 433 g/mol. The summed E-state index contributed by atoms with van der Waals surface area (Å²) < 4.78 is 0. The second-order valence-corrected chi connectivity index (χ2v) is 8.89. The number of benzene rings is 2. The summed E-state index contributed by atoms with van der Waals surface area (Å²) in [5.41, 5.74) is 1.84. The van der Waals surface area contributed by atoms with Crippen LogP contribution in [0.15, 0.2) is 54.6 Å². The number of rotatable bonds is 4. The van der Waals surface area contributed by atoms with Crippen LogP contribution < -0.4 is 9.80 Å². The summed E-state index contributed by atoms with van der Waals surface area (Å²) in [5, 5.41) is 0. The van der Waals surface area contributed by atoms with Crippen molar-refractivity contribution in [3.05, 3.63) is 60.2 Å². The SMILES string of the molecule is CC1CN(C(=O)c2ccccc2)c2ccccc2N(CC(=O)N(C)C2CCCCC2)C1=O. The molecule has 1 saturated carbocycles. The maximum Gasteiger partial charge on any atom is 0.258 e. The Bertz CT molecular complexity index is 985. The first-order valence-electron chi connectivity index (χ1n) is 11.5. The number of carbonyl (C=O) groups is 3. The van der Waals surface area contributed by atoms with E-state index < -0.39 is 5.92 Å². The van der Waals surface area contributed by atoms with Gasteiger partial charge in [-0.3, -0.25) is 14.4 Å². The molecule has 0 N–H and O–H groups in total. The van der Waals surface area contributed by atoms with Gasteiger partial charge in [0.2, 0.25) is 11.8 Å². The quantitative estimate of drug-likeness (QED) is 0.729. The highest BCUT2D eigenvalue weighted by Gasteiger charge is 2.35. The Kier molecular flexibility index (Phi) is 6.58. The zero-order valence-electron chi connectivity index (χ0n) is 18.9. The van der Waals surface area contributed by atoms with Crippen LogP contribution in [0, 0.1) is 5.92 Å². The zero-order valence-corrected chi connectivity index (χ0v) is 18.9. The zero-order chi connectivity index (χ0) is 22.7. The smallest absolute Gasteiger partial charge is 0.258 e. The van der Waals surface area contributed by atoms with Crippen LogP contribution in [0.25, 0.3) is 0 Å². The summed E-state index contributed by atoms with van der Waals surface area (Å²) >= 11 is 0. The van der Waals surface area contributed by atoms with Gasteiger partial charge in [-0.25, -0.2) is 0 Å². The highest BCUT2D eigenvalue weighted by molar-refractivity contribution is 6.12. The summed E-state index contributed by atoms with van der Waals surface area (Å²) in [5.74, 6) is -0.769. The third kappa shape index (κ3) is 4.40. The van der Waals surface area contributed by atoms with Gasteiger partial charge in [0.05, 0.1) is 17.3 Å². The summed E-state index contributed by atoms with van der Waals surface area (Å²) in [4.78, 5) is 44.9. The normalized spacial score (nSPS) is 19.3. The molecule has 4 rings (SSSR count). The first-order valence-corrected chi connectivity index (χ1v) is 11.5. The predicted molar refractivity (Wildman–Crippen MR) is 126 cm³/mol. The van der Waals surface area contributed by atoms with Crippen LogP contribution in [0.5, 0.6) is 0 Å². The molecule has 3 amide bonds. The molecule has 1 aliphatic heterocycles. The molecule has 2 aromatic rings. The van der Waals surface area contributed by atoms with Gasteiger partial charge >= 0.3 is 0 Å². The Morgan fingerprint density at radius 3 is 2.25 bits per heavy atom. The van der Waals surface area contributed by atoms with E-state index in [9.17, 15) is 14.4 Å². The van der Waals surface area contributed by atoms with Crippen molar-refractivity contribution >= 4 is 29.1 Å². The standard InChI is InChI=1S/C26H31N3O3/c1-19-17-28(26(32)20-11-5-3-6-12-20)22-15-9-10-16-23(22)29(25(19)31)18-24(30)27(2)21-13-7-4-8-14-21/h3,5-6,9-12,15-16,19,21H,4,7-8,13-14,17-18H2,1-2H3. The lowest BCUT2D eigenvalue weighted by molar-refractivity contribution is -0.133. The largest absolute Gasteiger partial charge is 0.341 e. The van der Waals surface area contributed by atoms with E-state index >= 15 is 0 Å². The molecule has 1 aliphatic carbocycles. The Morgan fingerprint density at radius 2 is 1.56 bits per heavy atom. The Labute approximate surface area is 189 Å². The molecule has 1 heterocycles. The highest BCUT2D eigenvalue weighted by atomic mass is 16.2. The van der Waals surface area contributed by atoms with Gasteiger partial charge in [-0.1, -0.05) is 56.5 Å². The molecule has 0 bridgehead atoms. The number of likely N-dealkylation sites (N-methyl/N-ethyl adjacent to an activating group) is 1. The second kappa shape index (κ2) is 9.55. The summed E-state index contributed by atoms with van der Waals surface area (Å²) in [6.45, 7) is 2.08. The van der Waals surface area contributed by atoms with Crippen LogP contribution in [-0.2, 0) is 9.59 Å². The number of nitrogens with zero attached hydrogens (tertiary/aromatic N) is 3. The van der Waals surface area contributed by atoms with Gasteiger partial charge in [0.15, 0.2) is 0 Å². The third-order valence-corrected chi connectivity index (χ3v) is 6.68. The fourth-order valence-electron chi connectivity index (χ4n) is 4.77. The summed E-state index contributed by atoms with van der Waals surface area (Å²) in [6, 6.07) is 16.7. The van der Waals surface area contributed by atoms with E-state index in [0.29, 0.717) is 16.9 Å². The number of hydrogen-bond acceptors (Lipinski definition) is 3. The molecule has 0 aromatic heterocycles. The Hall–Kier alpha value is -3.15. The Morgan fingerprint density at radius 1 is 0.938 bits per heavy atom. The van der Waals surface area contributed by atoms with E-state index in [4.69, 9.17) is 0 Å². The first kappa shape index (κ1) is 22.1. The van der Waals surface area contributed by atoms with Crippen LogP contribution in [0.1, 0.15) is 49.4 Å². The maximum atomic E-state index is 13.4.